The van der Waals surface area contributed by atoms with Gasteiger partial charge in [0.1, 0.15) is 5.75 Å². The summed E-state index contributed by atoms with van der Waals surface area (Å²) >= 11 is 0. The Bertz CT molecular complexity index is 660. The van der Waals surface area contributed by atoms with Crippen molar-refractivity contribution in [1.82, 2.24) is 15.1 Å². The number of carbonyl (C=O) groups excluding carboxylic acids is 1. The van der Waals surface area contributed by atoms with E-state index in [4.69, 9.17) is 4.18 Å². The van der Waals surface area contributed by atoms with Crippen molar-refractivity contribution in [2.24, 2.45) is 0 Å². The van der Waals surface area contributed by atoms with E-state index >= 15 is 0 Å². The standard InChI is InChI=1S/C17H29N3O4S/c1-6-25(22,23)24-16-10-8-7-9-15(16)13-20(12-11-19(4)5)17(21)18-14(2)3/h7-10,14H,6,11-13H2,1-5H3,(H,18,21). The zero-order chi connectivity index (χ0) is 19.0. The molecule has 0 bridgehead atoms. The highest BCUT2D eigenvalue weighted by atomic mass is 32.2. The van der Waals surface area contributed by atoms with E-state index < -0.39 is 10.1 Å². The van der Waals surface area contributed by atoms with E-state index in [1.165, 1.54) is 6.92 Å². The van der Waals surface area contributed by atoms with Gasteiger partial charge in [-0.3, -0.25) is 0 Å². The first-order valence-corrected chi connectivity index (χ1v) is 9.92. The van der Waals surface area contributed by atoms with E-state index in [0.717, 1.165) is 0 Å². The van der Waals surface area contributed by atoms with Gasteiger partial charge < -0.3 is 19.3 Å². The SMILES string of the molecule is CCS(=O)(=O)Oc1ccccc1CN(CCN(C)C)C(=O)NC(C)C. The number of nitrogens with one attached hydrogen (secondary N) is 1. The van der Waals surface area contributed by atoms with Crippen LogP contribution in [0.4, 0.5) is 4.79 Å². The smallest absolute Gasteiger partial charge is 0.317 e. The van der Waals surface area contributed by atoms with E-state index in [1.807, 2.05) is 32.8 Å². The quantitative estimate of drug-likeness (QED) is 0.671. The van der Waals surface area contributed by atoms with Gasteiger partial charge in [-0.2, -0.15) is 8.42 Å². The first kappa shape index (κ1) is 21.2. The van der Waals surface area contributed by atoms with E-state index in [-0.39, 0.29) is 30.1 Å². The molecule has 1 aromatic carbocycles. The first-order valence-electron chi connectivity index (χ1n) is 8.35. The molecule has 142 valence electrons. The summed E-state index contributed by atoms with van der Waals surface area (Å²) in [5, 5.41) is 2.88. The molecule has 0 saturated heterocycles. The number of amides is 2. The lowest BCUT2D eigenvalue weighted by Crippen LogP contribution is -2.45. The van der Waals surface area contributed by atoms with E-state index in [1.54, 1.807) is 29.2 Å². The third-order valence-electron chi connectivity index (χ3n) is 3.42. The topological polar surface area (TPSA) is 79.0 Å². The van der Waals surface area contributed by atoms with Crippen molar-refractivity contribution in [3.63, 3.8) is 0 Å². The maximum Gasteiger partial charge on any atom is 0.317 e. The first-order chi connectivity index (χ1) is 11.6. The normalized spacial score (nSPS) is 11.6. The Balaban J connectivity index is 3.01. The molecule has 0 unspecified atom stereocenters. The second-order valence-corrected chi connectivity index (χ2v) is 8.23. The predicted octanol–water partition coefficient (Wildman–Crippen LogP) is 1.90. The highest BCUT2D eigenvalue weighted by Gasteiger charge is 2.19. The van der Waals surface area contributed by atoms with Gasteiger partial charge in [0, 0.05) is 24.7 Å². The third-order valence-corrected chi connectivity index (χ3v) is 4.56. The zero-order valence-electron chi connectivity index (χ0n) is 15.7. The highest BCUT2D eigenvalue weighted by molar-refractivity contribution is 7.87. The van der Waals surface area contributed by atoms with E-state index in [0.29, 0.717) is 18.7 Å². The Labute approximate surface area is 151 Å². The van der Waals surface area contributed by atoms with Crippen LogP contribution in [0.15, 0.2) is 24.3 Å². The van der Waals surface area contributed by atoms with Gasteiger partial charge in [-0.05, 0) is 40.9 Å². The second kappa shape index (κ2) is 9.62. The third kappa shape index (κ3) is 7.74. The molecule has 7 nitrogen and oxygen atoms in total. The van der Waals surface area contributed by atoms with Crippen LogP contribution in [0.2, 0.25) is 0 Å². The molecule has 0 saturated carbocycles. The highest BCUT2D eigenvalue weighted by Crippen LogP contribution is 2.22. The molecule has 2 amide bonds. The predicted molar refractivity (Wildman–Crippen MR) is 99.2 cm³/mol. The minimum atomic E-state index is -3.62. The minimum absolute atomic E-state index is 0.0151. The fraction of sp³-hybridized carbons (Fsp3) is 0.588. The van der Waals surface area contributed by atoms with Crippen LogP contribution < -0.4 is 9.50 Å². The van der Waals surface area contributed by atoms with Crippen molar-refractivity contribution in [2.75, 3.05) is 32.9 Å². The molecular weight excluding hydrogens is 342 g/mol. The van der Waals surface area contributed by atoms with Gasteiger partial charge in [0.2, 0.25) is 0 Å². The van der Waals surface area contributed by atoms with Crippen molar-refractivity contribution >= 4 is 16.1 Å². The fourth-order valence-electron chi connectivity index (χ4n) is 2.03. The van der Waals surface area contributed by atoms with E-state index in [2.05, 4.69) is 5.32 Å². The van der Waals surface area contributed by atoms with Gasteiger partial charge >= 0.3 is 16.1 Å². The molecule has 0 fully saturated rings. The molecule has 1 N–H and O–H groups in total. The molecule has 0 radical (unpaired) electrons. The number of carbonyl (C=O) groups is 1. The van der Waals surface area contributed by atoms with Gasteiger partial charge in [0.05, 0.1) is 12.3 Å². The molecule has 25 heavy (non-hydrogen) atoms. The summed E-state index contributed by atoms with van der Waals surface area (Å²) in [5.41, 5.74) is 0.650. The summed E-state index contributed by atoms with van der Waals surface area (Å²) in [7, 11) is 0.245. The number of hydrogen-bond acceptors (Lipinski definition) is 5. The Morgan fingerprint density at radius 2 is 1.84 bits per heavy atom. The average Bonchev–Trinajstić information content (AvgIpc) is 2.51. The Kier molecular flexibility index (Phi) is 8.18. The van der Waals surface area contributed by atoms with Crippen molar-refractivity contribution in [1.29, 1.82) is 0 Å². The lowest BCUT2D eigenvalue weighted by molar-refractivity contribution is 0.186. The molecule has 8 heteroatoms. The summed E-state index contributed by atoms with van der Waals surface area (Å²) in [6, 6.07) is 6.71. The number of rotatable bonds is 9. The summed E-state index contributed by atoms with van der Waals surface area (Å²) in [4.78, 5) is 16.1. The van der Waals surface area contributed by atoms with Crippen LogP contribution in [0.3, 0.4) is 0 Å². The molecule has 0 atom stereocenters. The van der Waals surface area contributed by atoms with Crippen LogP contribution in [-0.4, -0.2) is 63.2 Å². The average molecular weight is 372 g/mol. The molecule has 0 aliphatic rings. The van der Waals surface area contributed by atoms with Crippen LogP contribution in [-0.2, 0) is 16.7 Å². The van der Waals surface area contributed by atoms with Crippen LogP contribution in [0.5, 0.6) is 5.75 Å². The number of hydrogen-bond donors (Lipinski definition) is 1. The fourth-order valence-corrected chi connectivity index (χ4v) is 2.58. The summed E-state index contributed by atoms with van der Waals surface area (Å²) in [5.74, 6) is 0.149. The van der Waals surface area contributed by atoms with Gasteiger partial charge in [0.15, 0.2) is 0 Å². The molecule has 1 rings (SSSR count). The lowest BCUT2D eigenvalue weighted by Gasteiger charge is -2.26. The van der Waals surface area contributed by atoms with Crippen LogP contribution in [0.1, 0.15) is 26.3 Å². The van der Waals surface area contributed by atoms with Gasteiger partial charge in [-0.1, -0.05) is 18.2 Å². The maximum atomic E-state index is 12.5. The maximum absolute atomic E-state index is 12.5. The monoisotopic (exact) mass is 371 g/mol. The number of nitrogens with zero attached hydrogens (tertiary/aromatic N) is 2. The molecular formula is C17H29N3O4S. The second-order valence-electron chi connectivity index (χ2n) is 6.37. The summed E-state index contributed by atoms with van der Waals surface area (Å²) in [6.45, 7) is 6.79. The Hall–Kier alpha value is -1.80. The number of para-hydroxylation sites is 1. The molecule has 0 aliphatic heterocycles. The van der Waals surface area contributed by atoms with Crippen LogP contribution in [0.25, 0.3) is 0 Å². The number of benzene rings is 1. The summed E-state index contributed by atoms with van der Waals surface area (Å²) < 4.78 is 28.7. The van der Waals surface area contributed by atoms with Crippen molar-refractivity contribution in [3.8, 4) is 5.75 Å². The van der Waals surface area contributed by atoms with Crippen molar-refractivity contribution < 1.29 is 17.4 Å². The molecule has 0 heterocycles. The van der Waals surface area contributed by atoms with Gasteiger partial charge in [-0.25, -0.2) is 4.79 Å². The van der Waals surface area contributed by atoms with Crippen LogP contribution >= 0.6 is 0 Å². The van der Waals surface area contributed by atoms with Gasteiger partial charge in [-0.15, -0.1) is 0 Å². The summed E-state index contributed by atoms with van der Waals surface area (Å²) in [6.07, 6.45) is 0. The van der Waals surface area contributed by atoms with Crippen LogP contribution in [0, 0.1) is 0 Å². The number of likely N-dealkylation sites (N-methyl/N-ethyl adjacent to an activating group) is 1. The Morgan fingerprint density at radius 3 is 2.40 bits per heavy atom. The van der Waals surface area contributed by atoms with Crippen molar-refractivity contribution in [2.45, 2.75) is 33.4 Å². The zero-order valence-corrected chi connectivity index (χ0v) is 16.5. The molecule has 0 aliphatic carbocycles. The van der Waals surface area contributed by atoms with Gasteiger partial charge in [0.25, 0.3) is 0 Å². The Morgan fingerprint density at radius 1 is 1.20 bits per heavy atom. The van der Waals surface area contributed by atoms with E-state index in [9.17, 15) is 13.2 Å². The lowest BCUT2D eigenvalue weighted by atomic mass is 10.2. The van der Waals surface area contributed by atoms with Crippen molar-refractivity contribution in [3.05, 3.63) is 29.8 Å². The molecule has 1 aromatic rings. The largest absolute Gasteiger partial charge is 0.382 e. The molecule has 0 spiro atoms. The minimum Gasteiger partial charge on any atom is -0.382 e. The number of urea groups is 1. The molecule has 0 aromatic heterocycles.